The van der Waals surface area contributed by atoms with Crippen molar-refractivity contribution in [1.29, 1.82) is 0 Å². The van der Waals surface area contributed by atoms with E-state index in [0.29, 0.717) is 12.6 Å². The van der Waals surface area contributed by atoms with Crippen LogP contribution in [0.25, 0.3) is 0 Å². The lowest BCUT2D eigenvalue weighted by Crippen LogP contribution is -2.42. The van der Waals surface area contributed by atoms with Crippen LogP contribution in [0.5, 0.6) is 0 Å². The van der Waals surface area contributed by atoms with E-state index in [1.807, 2.05) is 0 Å². The molecule has 1 heterocycles. The Kier molecular flexibility index (Phi) is 4.65. The van der Waals surface area contributed by atoms with Crippen molar-refractivity contribution in [1.82, 2.24) is 4.90 Å². The van der Waals surface area contributed by atoms with Crippen molar-refractivity contribution in [3.63, 3.8) is 0 Å². The molecular formula is C14H22BrN3. The maximum atomic E-state index is 5.85. The van der Waals surface area contributed by atoms with Crippen LogP contribution < -0.4 is 10.6 Å². The Labute approximate surface area is 118 Å². The number of hydrogen-bond donors (Lipinski definition) is 1. The largest absolute Gasteiger partial charge is 0.371 e. The fourth-order valence-electron chi connectivity index (χ4n) is 2.64. The zero-order chi connectivity index (χ0) is 13.1. The summed E-state index contributed by atoms with van der Waals surface area (Å²) in [7, 11) is 4.39. The highest BCUT2D eigenvalue weighted by molar-refractivity contribution is 9.10. The summed E-state index contributed by atoms with van der Waals surface area (Å²) < 4.78 is 1.10. The van der Waals surface area contributed by atoms with Crippen molar-refractivity contribution >= 4 is 21.6 Å². The van der Waals surface area contributed by atoms with Gasteiger partial charge in [0.05, 0.1) is 0 Å². The van der Waals surface area contributed by atoms with Gasteiger partial charge in [0.1, 0.15) is 0 Å². The molecular weight excluding hydrogens is 290 g/mol. The fourth-order valence-corrected chi connectivity index (χ4v) is 3.05. The molecule has 0 aromatic heterocycles. The molecule has 1 aromatic carbocycles. The summed E-state index contributed by atoms with van der Waals surface area (Å²) in [5.74, 6) is 0. The zero-order valence-electron chi connectivity index (χ0n) is 11.2. The van der Waals surface area contributed by atoms with Gasteiger partial charge in [-0.3, -0.25) is 0 Å². The minimum absolute atomic E-state index is 0.589. The second-order valence-corrected chi connectivity index (χ2v) is 6.04. The van der Waals surface area contributed by atoms with Crippen molar-refractivity contribution in [3.05, 3.63) is 28.2 Å². The van der Waals surface area contributed by atoms with Gasteiger partial charge in [0.2, 0.25) is 0 Å². The molecule has 2 rings (SSSR count). The Morgan fingerprint density at radius 1 is 1.39 bits per heavy atom. The first-order chi connectivity index (χ1) is 8.61. The minimum Gasteiger partial charge on any atom is -0.371 e. The van der Waals surface area contributed by atoms with Gasteiger partial charge in [-0.05, 0) is 56.7 Å². The van der Waals surface area contributed by atoms with Gasteiger partial charge in [-0.2, -0.15) is 0 Å². The van der Waals surface area contributed by atoms with Gasteiger partial charge in [0.15, 0.2) is 0 Å². The number of nitrogens with two attached hydrogens (primary N) is 1. The van der Waals surface area contributed by atoms with Gasteiger partial charge >= 0.3 is 0 Å². The lowest BCUT2D eigenvalue weighted by atomic mass is 10.0. The number of benzene rings is 1. The fraction of sp³-hybridized carbons (Fsp3) is 0.571. The van der Waals surface area contributed by atoms with Gasteiger partial charge in [0.25, 0.3) is 0 Å². The van der Waals surface area contributed by atoms with Crippen LogP contribution in [0, 0.1) is 0 Å². The lowest BCUT2D eigenvalue weighted by Gasteiger charge is -2.37. The first-order valence-electron chi connectivity index (χ1n) is 6.51. The summed E-state index contributed by atoms with van der Waals surface area (Å²) in [4.78, 5) is 4.80. The third kappa shape index (κ3) is 3.05. The van der Waals surface area contributed by atoms with Crippen LogP contribution in [0.3, 0.4) is 0 Å². The molecule has 0 unspecified atom stereocenters. The van der Waals surface area contributed by atoms with E-state index < -0.39 is 0 Å². The van der Waals surface area contributed by atoms with Crippen LogP contribution in [0.4, 0.5) is 5.69 Å². The molecule has 1 aromatic rings. The molecule has 1 aliphatic heterocycles. The molecule has 1 saturated heterocycles. The third-order valence-corrected chi connectivity index (χ3v) is 4.37. The number of piperidine rings is 1. The van der Waals surface area contributed by atoms with Gasteiger partial charge in [-0.25, -0.2) is 0 Å². The molecule has 0 spiro atoms. The van der Waals surface area contributed by atoms with E-state index in [0.717, 1.165) is 4.47 Å². The summed E-state index contributed by atoms with van der Waals surface area (Å²) >= 11 is 3.51. The maximum absolute atomic E-state index is 5.85. The number of anilines is 1. The summed E-state index contributed by atoms with van der Waals surface area (Å²) in [5, 5.41) is 0. The Hall–Kier alpha value is -0.580. The SMILES string of the molecule is CN1CCC(N(C)c2ccc(Br)cc2CN)CC1. The summed E-state index contributed by atoms with van der Waals surface area (Å²) in [6.45, 7) is 2.96. The predicted molar refractivity (Wildman–Crippen MR) is 81.0 cm³/mol. The van der Waals surface area contributed by atoms with Crippen molar-refractivity contribution in [2.75, 3.05) is 32.1 Å². The highest BCUT2D eigenvalue weighted by Gasteiger charge is 2.21. The van der Waals surface area contributed by atoms with Crippen LogP contribution in [0.2, 0.25) is 0 Å². The molecule has 1 fully saturated rings. The second kappa shape index (κ2) is 6.04. The molecule has 0 radical (unpaired) electrons. The minimum atomic E-state index is 0.589. The van der Waals surface area contributed by atoms with E-state index in [-0.39, 0.29) is 0 Å². The van der Waals surface area contributed by atoms with Crippen molar-refractivity contribution in [2.45, 2.75) is 25.4 Å². The summed E-state index contributed by atoms with van der Waals surface area (Å²) in [6, 6.07) is 7.03. The Morgan fingerprint density at radius 2 is 2.06 bits per heavy atom. The van der Waals surface area contributed by atoms with E-state index in [4.69, 9.17) is 5.73 Å². The van der Waals surface area contributed by atoms with Gasteiger partial charge < -0.3 is 15.5 Å². The van der Waals surface area contributed by atoms with E-state index in [9.17, 15) is 0 Å². The van der Waals surface area contributed by atoms with Crippen LogP contribution in [-0.2, 0) is 6.54 Å². The van der Waals surface area contributed by atoms with Crippen LogP contribution in [-0.4, -0.2) is 38.1 Å². The summed E-state index contributed by atoms with van der Waals surface area (Å²) in [6.07, 6.45) is 2.46. The molecule has 3 nitrogen and oxygen atoms in total. The van der Waals surface area contributed by atoms with Crippen molar-refractivity contribution in [2.24, 2.45) is 5.73 Å². The average molecular weight is 312 g/mol. The highest BCUT2D eigenvalue weighted by atomic mass is 79.9. The normalized spacial score (nSPS) is 18.0. The molecule has 0 atom stereocenters. The Balaban J connectivity index is 2.15. The monoisotopic (exact) mass is 311 g/mol. The number of nitrogens with zero attached hydrogens (tertiary/aromatic N) is 2. The van der Waals surface area contributed by atoms with Crippen molar-refractivity contribution < 1.29 is 0 Å². The molecule has 0 aliphatic carbocycles. The predicted octanol–water partition coefficient (Wildman–Crippen LogP) is 2.44. The number of hydrogen-bond acceptors (Lipinski definition) is 3. The molecule has 0 saturated carbocycles. The van der Waals surface area contributed by atoms with E-state index >= 15 is 0 Å². The highest BCUT2D eigenvalue weighted by Crippen LogP contribution is 2.27. The Bertz CT molecular complexity index is 400. The van der Waals surface area contributed by atoms with Gasteiger partial charge in [0, 0.05) is 29.8 Å². The number of likely N-dealkylation sites (tertiary alicyclic amines) is 1. The molecule has 4 heteroatoms. The van der Waals surface area contributed by atoms with E-state index in [1.54, 1.807) is 0 Å². The number of rotatable bonds is 3. The standard InChI is InChI=1S/C14H22BrN3/c1-17-7-5-13(6-8-17)18(2)14-4-3-12(15)9-11(14)10-16/h3-4,9,13H,5-8,10,16H2,1-2H3. The molecule has 2 N–H and O–H groups in total. The van der Waals surface area contributed by atoms with Gasteiger partial charge in [-0.1, -0.05) is 15.9 Å². The third-order valence-electron chi connectivity index (χ3n) is 3.88. The van der Waals surface area contributed by atoms with Crippen LogP contribution in [0.15, 0.2) is 22.7 Å². The molecule has 0 bridgehead atoms. The van der Waals surface area contributed by atoms with E-state index in [2.05, 4.69) is 58.0 Å². The topological polar surface area (TPSA) is 32.5 Å². The Morgan fingerprint density at radius 3 is 2.67 bits per heavy atom. The zero-order valence-corrected chi connectivity index (χ0v) is 12.8. The van der Waals surface area contributed by atoms with Crippen LogP contribution in [0.1, 0.15) is 18.4 Å². The van der Waals surface area contributed by atoms with Gasteiger partial charge in [-0.15, -0.1) is 0 Å². The molecule has 18 heavy (non-hydrogen) atoms. The van der Waals surface area contributed by atoms with E-state index in [1.165, 1.54) is 37.2 Å². The quantitative estimate of drug-likeness (QED) is 0.930. The lowest BCUT2D eigenvalue weighted by molar-refractivity contribution is 0.253. The van der Waals surface area contributed by atoms with Crippen LogP contribution >= 0.6 is 15.9 Å². The number of halogens is 1. The smallest absolute Gasteiger partial charge is 0.0412 e. The molecule has 1 aliphatic rings. The van der Waals surface area contributed by atoms with Crippen molar-refractivity contribution in [3.8, 4) is 0 Å². The first-order valence-corrected chi connectivity index (χ1v) is 7.31. The summed E-state index contributed by atoms with van der Waals surface area (Å²) in [5.41, 5.74) is 8.34. The average Bonchev–Trinajstić information content (AvgIpc) is 2.38. The second-order valence-electron chi connectivity index (χ2n) is 5.12. The molecule has 100 valence electrons. The first kappa shape index (κ1) is 13.8. The molecule has 0 amide bonds. The maximum Gasteiger partial charge on any atom is 0.0412 e.